The third-order valence-corrected chi connectivity index (χ3v) is 8.32. The first-order chi connectivity index (χ1) is 17.9. The Morgan fingerprint density at radius 2 is 1.33 bits per heavy atom. The lowest BCUT2D eigenvalue weighted by Gasteiger charge is -2.12. The number of nitrogens with zero attached hydrogens (tertiary/aromatic N) is 2. The molecule has 0 spiro atoms. The van der Waals surface area contributed by atoms with Crippen molar-refractivity contribution in [2.45, 2.75) is 0 Å². The lowest BCUT2D eigenvalue weighted by atomic mass is 10.1. The summed E-state index contributed by atoms with van der Waals surface area (Å²) in [6, 6.07) is 43.4. The summed E-state index contributed by atoms with van der Waals surface area (Å²) in [5.41, 5.74) is 6.71. The normalized spacial score (nSPS) is 11.9. The standard InChI is InChI=1S/C33H20N2S/c1-2-10-22(11-3-1)26-18-19-28-32(34-26)25-17-20-30-31(24-14-6-7-16-29(24)36-30)33(25)35(28)27-15-8-12-21-9-4-5-13-23(21)27/h1-20H. The van der Waals surface area contributed by atoms with E-state index in [0.717, 1.165) is 22.3 Å². The van der Waals surface area contributed by atoms with E-state index in [-0.39, 0.29) is 0 Å². The van der Waals surface area contributed by atoms with Gasteiger partial charge in [0.05, 0.1) is 27.9 Å². The second-order valence-electron chi connectivity index (χ2n) is 9.20. The van der Waals surface area contributed by atoms with E-state index in [4.69, 9.17) is 4.98 Å². The second-order valence-corrected chi connectivity index (χ2v) is 10.3. The van der Waals surface area contributed by atoms with E-state index in [1.54, 1.807) is 0 Å². The second kappa shape index (κ2) is 7.51. The van der Waals surface area contributed by atoms with Gasteiger partial charge in [-0.3, -0.25) is 0 Å². The molecule has 5 aromatic carbocycles. The van der Waals surface area contributed by atoms with Crippen LogP contribution >= 0.6 is 11.3 Å². The molecule has 8 aromatic rings. The fraction of sp³-hybridized carbons (Fsp3) is 0. The van der Waals surface area contributed by atoms with Crippen molar-refractivity contribution in [2.24, 2.45) is 0 Å². The number of rotatable bonds is 2. The number of benzene rings is 5. The summed E-state index contributed by atoms with van der Waals surface area (Å²) in [7, 11) is 0. The Balaban J connectivity index is 1.60. The largest absolute Gasteiger partial charge is 0.306 e. The maximum absolute atomic E-state index is 5.25. The van der Waals surface area contributed by atoms with Crippen LogP contribution in [0.3, 0.4) is 0 Å². The van der Waals surface area contributed by atoms with Crippen LogP contribution in [-0.2, 0) is 0 Å². The van der Waals surface area contributed by atoms with Gasteiger partial charge in [-0.05, 0) is 41.8 Å². The lowest BCUT2D eigenvalue weighted by Crippen LogP contribution is -1.96. The minimum atomic E-state index is 0.996. The average molecular weight is 477 g/mol. The molecule has 3 aromatic heterocycles. The summed E-state index contributed by atoms with van der Waals surface area (Å²) < 4.78 is 5.06. The molecule has 0 saturated heterocycles. The van der Waals surface area contributed by atoms with Crippen LogP contribution in [0, 0.1) is 0 Å². The van der Waals surface area contributed by atoms with Gasteiger partial charge >= 0.3 is 0 Å². The highest BCUT2D eigenvalue weighted by atomic mass is 32.1. The molecule has 0 atom stereocenters. The summed E-state index contributed by atoms with van der Waals surface area (Å²) in [5, 5.41) is 6.27. The number of hydrogen-bond acceptors (Lipinski definition) is 2. The predicted molar refractivity (Wildman–Crippen MR) is 154 cm³/mol. The van der Waals surface area contributed by atoms with Gasteiger partial charge in [0.25, 0.3) is 0 Å². The fourth-order valence-corrected chi connectivity index (χ4v) is 6.70. The van der Waals surface area contributed by atoms with Crippen LogP contribution < -0.4 is 0 Å². The van der Waals surface area contributed by atoms with Crippen LogP contribution in [0.4, 0.5) is 0 Å². The maximum Gasteiger partial charge on any atom is 0.0971 e. The molecule has 168 valence electrons. The minimum absolute atomic E-state index is 0.996. The zero-order valence-corrected chi connectivity index (χ0v) is 20.2. The van der Waals surface area contributed by atoms with Gasteiger partial charge in [-0.25, -0.2) is 4.98 Å². The summed E-state index contributed by atoms with van der Waals surface area (Å²) in [6.07, 6.45) is 0. The fourth-order valence-electron chi connectivity index (χ4n) is 5.60. The van der Waals surface area contributed by atoms with Crippen molar-refractivity contribution < 1.29 is 0 Å². The van der Waals surface area contributed by atoms with E-state index < -0.39 is 0 Å². The molecule has 0 amide bonds. The molecule has 36 heavy (non-hydrogen) atoms. The third-order valence-electron chi connectivity index (χ3n) is 7.19. The zero-order chi connectivity index (χ0) is 23.6. The molecule has 0 unspecified atom stereocenters. The molecule has 0 aliphatic carbocycles. The molecule has 0 fully saturated rings. The number of thiophene rings is 1. The monoisotopic (exact) mass is 476 g/mol. The Hall–Kier alpha value is -4.47. The Bertz CT molecular complexity index is 2090. The van der Waals surface area contributed by atoms with Crippen molar-refractivity contribution in [1.29, 1.82) is 0 Å². The van der Waals surface area contributed by atoms with Gasteiger partial charge in [-0.2, -0.15) is 0 Å². The molecule has 2 nitrogen and oxygen atoms in total. The molecule has 0 radical (unpaired) electrons. The van der Waals surface area contributed by atoms with Crippen LogP contribution in [0.15, 0.2) is 121 Å². The van der Waals surface area contributed by atoms with Crippen molar-refractivity contribution in [3.8, 4) is 16.9 Å². The Morgan fingerprint density at radius 3 is 2.25 bits per heavy atom. The van der Waals surface area contributed by atoms with Gasteiger partial charge in [0.15, 0.2) is 0 Å². The highest BCUT2D eigenvalue weighted by Crippen LogP contribution is 2.43. The Kier molecular flexibility index (Phi) is 4.13. The lowest BCUT2D eigenvalue weighted by molar-refractivity contribution is 1.20. The minimum Gasteiger partial charge on any atom is -0.306 e. The molecule has 3 heteroatoms. The molecule has 0 aliphatic heterocycles. The average Bonchev–Trinajstić information content (AvgIpc) is 3.48. The van der Waals surface area contributed by atoms with E-state index >= 15 is 0 Å². The van der Waals surface area contributed by atoms with Crippen molar-refractivity contribution in [3.63, 3.8) is 0 Å². The zero-order valence-electron chi connectivity index (χ0n) is 19.3. The van der Waals surface area contributed by atoms with Crippen LogP contribution in [0.5, 0.6) is 0 Å². The molecule has 8 rings (SSSR count). The smallest absolute Gasteiger partial charge is 0.0971 e. The van der Waals surface area contributed by atoms with E-state index in [1.807, 2.05) is 17.4 Å². The first-order valence-electron chi connectivity index (χ1n) is 12.2. The van der Waals surface area contributed by atoms with E-state index in [9.17, 15) is 0 Å². The number of hydrogen-bond donors (Lipinski definition) is 0. The van der Waals surface area contributed by atoms with Gasteiger partial charge in [-0.15, -0.1) is 11.3 Å². The molecule has 3 heterocycles. The van der Waals surface area contributed by atoms with Crippen molar-refractivity contribution in [3.05, 3.63) is 121 Å². The first-order valence-corrected chi connectivity index (χ1v) is 13.0. The number of aromatic nitrogens is 2. The molecular weight excluding hydrogens is 456 g/mol. The molecule has 0 saturated carbocycles. The summed E-state index contributed by atoms with van der Waals surface area (Å²) in [5.74, 6) is 0. The van der Waals surface area contributed by atoms with Crippen molar-refractivity contribution >= 4 is 64.2 Å². The van der Waals surface area contributed by atoms with Gasteiger partial charge < -0.3 is 4.57 Å². The maximum atomic E-state index is 5.25. The van der Waals surface area contributed by atoms with E-state index in [2.05, 4.69) is 120 Å². The number of fused-ring (bicyclic) bond motifs is 8. The van der Waals surface area contributed by atoms with E-state index in [0.29, 0.717) is 0 Å². The van der Waals surface area contributed by atoms with Crippen LogP contribution in [-0.4, -0.2) is 9.55 Å². The highest BCUT2D eigenvalue weighted by molar-refractivity contribution is 7.26. The van der Waals surface area contributed by atoms with Crippen LogP contribution in [0.25, 0.3) is 69.8 Å². The Labute approximate surface area is 211 Å². The first kappa shape index (κ1) is 19.8. The Morgan fingerprint density at radius 1 is 0.556 bits per heavy atom. The summed E-state index contributed by atoms with van der Waals surface area (Å²) >= 11 is 1.86. The molecular formula is C33H20N2S. The van der Waals surface area contributed by atoms with Crippen LogP contribution in [0.1, 0.15) is 0 Å². The van der Waals surface area contributed by atoms with Crippen LogP contribution in [0.2, 0.25) is 0 Å². The van der Waals surface area contributed by atoms with Gasteiger partial charge in [0, 0.05) is 36.5 Å². The molecule has 0 N–H and O–H groups in total. The third kappa shape index (κ3) is 2.75. The van der Waals surface area contributed by atoms with Gasteiger partial charge in [0.1, 0.15) is 0 Å². The summed E-state index contributed by atoms with van der Waals surface area (Å²) in [6.45, 7) is 0. The van der Waals surface area contributed by atoms with Gasteiger partial charge in [0.2, 0.25) is 0 Å². The van der Waals surface area contributed by atoms with Gasteiger partial charge in [-0.1, -0.05) is 84.9 Å². The number of pyridine rings is 1. The highest BCUT2D eigenvalue weighted by Gasteiger charge is 2.20. The van der Waals surface area contributed by atoms with E-state index in [1.165, 1.54) is 47.5 Å². The SMILES string of the molecule is c1ccc(-c2ccc3c(n2)c2ccc4sc5ccccc5c4c2n3-c2cccc3ccccc23)cc1. The predicted octanol–water partition coefficient (Wildman–Crippen LogP) is 9.37. The van der Waals surface area contributed by atoms with Crippen molar-refractivity contribution in [1.82, 2.24) is 9.55 Å². The molecule has 0 aliphatic rings. The topological polar surface area (TPSA) is 17.8 Å². The quantitative estimate of drug-likeness (QED) is 0.243. The van der Waals surface area contributed by atoms with Crippen molar-refractivity contribution in [2.75, 3.05) is 0 Å². The molecule has 0 bridgehead atoms. The summed E-state index contributed by atoms with van der Waals surface area (Å²) in [4.78, 5) is 5.25.